The highest BCUT2D eigenvalue weighted by atomic mass is 32.1. The maximum Gasteiger partial charge on any atom is 0.354 e. The summed E-state index contributed by atoms with van der Waals surface area (Å²) in [4.78, 5) is 29.6. The molecule has 7 heteroatoms. The van der Waals surface area contributed by atoms with E-state index < -0.39 is 11.8 Å². The lowest BCUT2D eigenvalue weighted by Crippen LogP contribution is -2.19. The highest BCUT2D eigenvalue weighted by Crippen LogP contribution is 2.28. The molecule has 0 saturated heterocycles. The molecule has 23 heavy (non-hydrogen) atoms. The number of fused-ring (bicyclic) bond motifs is 1. The van der Waals surface area contributed by atoms with E-state index in [1.165, 1.54) is 29.1 Å². The molecule has 0 N–H and O–H groups in total. The summed E-state index contributed by atoms with van der Waals surface area (Å²) < 4.78 is 20.2. The fraction of sp³-hybridized carbons (Fsp3) is 0.188. The minimum atomic E-state index is -0.696. The normalized spacial score (nSPS) is 10.9. The van der Waals surface area contributed by atoms with Gasteiger partial charge in [-0.05, 0) is 31.5 Å². The number of hydrogen-bond acceptors (Lipinski definition) is 5. The molecule has 0 spiro atoms. The second-order valence-corrected chi connectivity index (χ2v) is 5.89. The van der Waals surface area contributed by atoms with Gasteiger partial charge >= 0.3 is 5.97 Å². The molecule has 0 atom stereocenters. The summed E-state index contributed by atoms with van der Waals surface area (Å²) in [6, 6.07) is 5.67. The van der Waals surface area contributed by atoms with Gasteiger partial charge < -0.3 is 4.74 Å². The van der Waals surface area contributed by atoms with E-state index in [0.29, 0.717) is 22.3 Å². The summed E-state index contributed by atoms with van der Waals surface area (Å²) >= 11 is 1.07. The Morgan fingerprint density at radius 1 is 1.39 bits per heavy atom. The number of hydrogen-bond donors (Lipinski definition) is 0. The predicted octanol–water partition coefficient (Wildman–Crippen LogP) is 3.14. The van der Waals surface area contributed by atoms with Crippen LogP contribution in [0, 0.1) is 12.7 Å². The van der Waals surface area contributed by atoms with Crippen LogP contribution >= 0.6 is 11.3 Å². The van der Waals surface area contributed by atoms with Crippen LogP contribution in [0.4, 0.5) is 4.39 Å². The number of aryl methyl sites for hydroxylation is 2. The standard InChI is InChI=1S/C16H13FN2O3S/c1-3-19-8-18-14-12(15(19)20)9(2)13(23-14)16(21)22-11-7-5-4-6-10(11)17/h4-8H,3H2,1-2H3. The summed E-state index contributed by atoms with van der Waals surface area (Å²) in [5, 5.41) is 0.403. The van der Waals surface area contributed by atoms with Gasteiger partial charge in [0.05, 0.1) is 11.7 Å². The van der Waals surface area contributed by atoms with Gasteiger partial charge in [0.1, 0.15) is 9.71 Å². The van der Waals surface area contributed by atoms with Crippen molar-refractivity contribution in [3.05, 3.63) is 57.2 Å². The summed E-state index contributed by atoms with van der Waals surface area (Å²) in [7, 11) is 0. The Balaban J connectivity index is 2.05. The van der Waals surface area contributed by atoms with Crippen molar-refractivity contribution in [2.45, 2.75) is 20.4 Å². The molecule has 0 saturated carbocycles. The highest BCUT2D eigenvalue weighted by molar-refractivity contribution is 7.20. The van der Waals surface area contributed by atoms with Crippen LogP contribution < -0.4 is 10.3 Å². The molecule has 0 radical (unpaired) electrons. The minimum absolute atomic E-state index is 0.145. The van der Waals surface area contributed by atoms with Crippen LogP contribution in [0.5, 0.6) is 5.75 Å². The highest BCUT2D eigenvalue weighted by Gasteiger charge is 2.21. The molecular formula is C16H13FN2O3S. The summed E-state index contributed by atoms with van der Waals surface area (Å²) in [5.41, 5.74) is 0.308. The van der Waals surface area contributed by atoms with Gasteiger partial charge in [0.2, 0.25) is 0 Å². The third kappa shape index (κ3) is 2.63. The fourth-order valence-corrected chi connectivity index (χ4v) is 3.27. The molecule has 0 aliphatic rings. The van der Waals surface area contributed by atoms with E-state index in [1.54, 1.807) is 13.0 Å². The van der Waals surface area contributed by atoms with Crippen LogP contribution in [0.25, 0.3) is 10.2 Å². The van der Waals surface area contributed by atoms with Gasteiger partial charge in [-0.1, -0.05) is 12.1 Å². The number of esters is 1. The molecule has 3 aromatic rings. The number of thiophene rings is 1. The Hall–Kier alpha value is -2.54. The summed E-state index contributed by atoms with van der Waals surface area (Å²) in [6.45, 7) is 4.00. The van der Waals surface area contributed by atoms with Crippen molar-refractivity contribution in [3.8, 4) is 5.75 Å². The lowest BCUT2D eigenvalue weighted by atomic mass is 10.2. The molecule has 118 valence electrons. The fourth-order valence-electron chi connectivity index (χ4n) is 2.25. The van der Waals surface area contributed by atoms with Crippen LogP contribution in [0.2, 0.25) is 0 Å². The number of benzene rings is 1. The van der Waals surface area contributed by atoms with Gasteiger partial charge in [-0.2, -0.15) is 0 Å². The van der Waals surface area contributed by atoms with Gasteiger partial charge in [0.15, 0.2) is 11.6 Å². The van der Waals surface area contributed by atoms with E-state index in [2.05, 4.69) is 4.98 Å². The predicted molar refractivity (Wildman–Crippen MR) is 85.6 cm³/mol. The molecule has 0 bridgehead atoms. The van der Waals surface area contributed by atoms with E-state index in [1.807, 2.05) is 6.92 Å². The SMILES string of the molecule is CCn1cnc2sc(C(=O)Oc3ccccc3F)c(C)c2c1=O. The van der Waals surface area contributed by atoms with Crippen molar-refractivity contribution in [2.75, 3.05) is 0 Å². The Kier molecular flexibility index (Phi) is 3.96. The molecule has 0 fully saturated rings. The van der Waals surface area contributed by atoms with Gasteiger partial charge in [-0.15, -0.1) is 11.3 Å². The first-order valence-electron chi connectivity index (χ1n) is 6.98. The molecule has 0 unspecified atom stereocenters. The molecule has 2 aromatic heterocycles. The van der Waals surface area contributed by atoms with E-state index in [4.69, 9.17) is 4.74 Å². The quantitative estimate of drug-likeness (QED) is 0.546. The smallest absolute Gasteiger partial charge is 0.354 e. The minimum Gasteiger partial charge on any atom is -0.419 e. The lowest BCUT2D eigenvalue weighted by molar-refractivity contribution is 0.0732. The van der Waals surface area contributed by atoms with Crippen LogP contribution in [0.15, 0.2) is 35.4 Å². The zero-order chi connectivity index (χ0) is 16.6. The first-order valence-corrected chi connectivity index (χ1v) is 7.79. The number of halogens is 1. The van der Waals surface area contributed by atoms with Crippen molar-refractivity contribution in [1.82, 2.24) is 9.55 Å². The number of ether oxygens (including phenoxy) is 1. The van der Waals surface area contributed by atoms with Gasteiger partial charge in [0.25, 0.3) is 5.56 Å². The zero-order valence-corrected chi connectivity index (χ0v) is 13.3. The Bertz CT molecular complexity index is 962. The van der Waals surface area contributed by atoms with E-state index in [-0.39, 0.29) is 16.2 Å². The second-order valence-electron chi connectivity index (χ2n) is 4.89. The maximum absolute atomic E-state index is 13.6. The largest absolute Gasteiger partial charge is 0.419 e. The monoisotopic (exact) mass is 332 g/mol. The Labute approximate surface area is 135 Å². The number of nitrogens with zero attached hydrogens (tertiary/aromatic N) is 2. The summed E-state index contributed by atoms with van der Waals surface area (Å²) in [5.74, 6) is -1.46. The van der Waals surface area contributed by atoms with Gasteiger partial charge in [-0.25, -0.2) is 14.2 Å². The Morgan fingerprint density at radius 2 is 2.13 bits per heavy atom. The zero-order valence-electron chi connectivity index (χ0n) is 12.5. The van der Waals surface area contributed by atoms with Crippen molar-refractivity contribution in [3.63, 3.8) is 0 Å². The number of aromatic nitrogens is 2. The third-order valence-corrected chi connectivity index (χ3v) is 4.66. The first kappa shape index (κ1) is 15.4. The second kappa shape index (κ2) is 5.92. The van der Waals surface area contributed by atoms with Gasteiger partial charge in [-0.3, -0.25) is 9.36 Å². The molecule has 1 aromatic carbocycles. The van der Waals surface area contributed by atoms with Crippen LogP contribution in [0.1, 0.15) is 22.2 Å². The number of rotatable bonds is 3. The molecule has 2 heterocycles. The van der Waals surface area contributed by atoms with Crippen LogP contribution in [-0.4, -0.2) is 15.5 Å². The van der Waals surface area contributed by atoms with Crippen molar-refractivity contribution < 1.29 is 13.9 Å². The van der Waals surface area contributed by atoms with E-state index in [0.717, 1.165) is 11.3 Å². The van der Waals surface area contributed by atoms with Crippen molar-refractivity contribution in [1.29, 1.82) is 0 Å². The topological polar surface area (TPSA) is 61.2 Å². The molecule has 5 nitrogen and oxygen atoms in total. The number of para-hydroxylation sites is 1. The molecular weight excluding hydrogens is 319 g/mol. The third-order valence-electron chi connectivity index (χ3n) is 3.48. The van der Waals surface area contributed by atoms with Crippen molar-refractivity contribution >= 4 is 27.5 Å². The average molecular weight is 332 g/mol. The maximum atomic E-state index is 13.6. The van der Waals surface area contributed by atoms with E-state index >= 15 is 0 Å². The average Bonchev–Trinajstić information content (AvgIpc) is 2.88. The Morgan fingerprint density at radius 3 is 2.83 bits per heavy atom. The molecule has 0 amide bonds. The molecule has 0 aliphatic carbocycles. The molecule has 3 rings (SSSR count). The van der Waals surface area contributed by atoms with Crippen molar-refractivity contribution in [2.24, 2.45) is 0 Å². The summed E-state index contributed by atoms with van der Waals surface area (Å²) in [6.07, 6.45) is 1.45. The van der Waals surface area contributed by atoms with Crippen LogP contribution in [-0.2, 0) is 6.54 Å². The first-order chi connectivity index (χ1) is 11.0. The number of carbonyl (C=O) groups excluding carboxylic acids is 1. The molecule has 0 aliphatic heterocycles. The lowest BCUT2D eigenvalue weighted by Gasteiger charge is -2.04. The van der Waals surface area contributed by atoms with E-state index in [9.17, 15) is 14.0 Å². The van der Waals surface area contributed by atoms with Crippen LogP contribution in [0.3, 0.4) is 0 Å². The number of carbonyl (C=O) groups is 1. The van der Waals surface area contributed by atoms with Gasteiger partial charge in [0, 0.05) is 6.54 Å².